The molecule has 60 valence electrons. The van der Waals surface area contributed by atoms with Crippen LogP contribution in [0.1, 0.15) is 40.5 Å². The minimum Gasteiger partial charge on any atom is -0.310 e. The largest absolute Gasteiger partial charge is 0.310 e. The quantitative estimate of drug-likeness (QED) is 0.582. The second kappa shape index (κ2) is 4.48. The fraction of sp³-hybridized carbons (Fsp3) is 0.889. The van der Waals surface area contributed by atoms with Crippen molar-refractivity contribution < 1.29 is 0 Å². The van der Waals surface area contributed by atoms with E-state index in [4.69, 9.17) is 5.41 Å². The minimum absolute atomic E-state index is 0.645. The van der Waals surface area contributed by atoms with E-state index in [1.165, 1.54) is 0 Å². The summed E-state index contributed by atoms with van der Waals surface area (Å²) >= 11 is 0. The minimum atomic E-state index is 0.645. The molecule has 0 rings (SSSR count). The van der Waals surface area contributed by atoms with Crippen molar-refractivity contribution in [2.75, 3.05) is 0 Å². The van der Waals surface area contributed by atoms with Crippen LogP contribution in [0.3, 0.4) is 0 Å². The molecule has 0 aliphatic heterocycles. The second-order valence-electron chi connectivity index (χ2n) is 3.80. The number of hydrogen-bond donors (Lipinski definition) is 1. The van der Waals surface area contributed by atoms with Gasteiger partial charge in [-0.3, -0.25) is 0 Å². The van der Waals surface area contributed by atoms with Crippen molar-refractivity contribution in [2.45, 2.75) is 40.5 Å². The molecule has 0 bridgehead atoms. The molecule has 0 spiro atoms. The monoisotopic (exact) mass is 141 g/mol. The third-order valence-corrected chi connectivity index (χ3v) is 1.31. The van der Waals surface area contributed by atoms with Gasteiger partial charge in [0, 0.05) is 5.71 Å². The van der Waals surface area contributed by atoms with Gasteiger partial charge in [-0.1, -0.05) is 27.7 Å². The Balaban J connectivity index is 3.44. The van der Waals surface area contributed by atoms with Gasteiger partial charge in [0.25, 0.3) is 0 Å². The van der Waals surface area contributed by atoms with E-state index in [-0.39, 0.29) is 0 Å². The summed E-state index contributed by atoms with van der Waals surface area (Å²) in [7, 11) is 0. The molecule has 0 aliphatic carbocycles. The third kappa shape index (κ3) is 5.80. The highest BCUT2D eigenvalue weighted by molar-refractivity contribution is 5.81. The van der Waals surface area contributed by atoms with Crippen LogP contribution in [0.25, 0.3) is 0 Å². The Morgan fingerprint density at radius 2 is 1.30 bits per heavy atom. The lowest BCUT2D eigenvalue weighted by atomic mass is 9.99. The summed E-state index contributed by atoms with van der Waals surface area (Å²) < 4.78 is 0. The maximum Gasteiger partial charge on any atom is 0.00942 e. The summed E-state index contributed by atoms with van der Waals surface area (Å²) in [5.41, 5.74) is 0.907. The van der Waals surface area contributed by atoms with Crippen LogP contribution in [0.2, 0.25) is 0 Å². The van der Waals surface area contributed by atoms with E-state index >= 15 is 0 Å². The van der Waals surface area contributed by atoms with Gasteiger partial charge in [0.1, 0.15) is 0 Å². The predicted octanol–water partition coefficient (Wildman–Crippen LogP) is 3.10. The maximum absolute atomic E-state index is 7.55. The molecular formula is C9H19N. The molecule has 0 amide bonds. The first-order valence-corrected chi connectivity index (χ1v) is 4.08. The SMILES string of the molecule is CC(C)CC(=N)CC(C)C. The highest BCUT2D eigenvalue weighted by atomic mass is 14.4. The molecule has 0 heterocycles. The Hall–Kier alpha value is -0.330. The zero-order chi connectivity index (χ0) is 8.15. The van der Waals surface area contributed by atoms with Gasteiger partial charge < -0.3 is 5.41 Å². The molecule has 0 radical (unpaired) electrons. The van der Waals surface area contributed by atoms with E-state index in [1.807, 2.05) is 0 Å². The van der Waals surface area contributed by atoms with Gasteiger partial charge in [-0.05, 0) is 24.7 Å². The van der Waals surface area contributed by atoms with Gasteiger partial charge >= 0.3 is 0 Å². The van der Waals surface area contributed by atoms with Gasteiger partial charge in [-0.25, -0.2) is 0 Å². The van der Waals surface area contributed by atoms with E-state index in [0.717, 1.165) is 18.6 Å². The predicted molar refractivity (Wildman–Crippen MR) is 46.6 cm³/mol. The molecule has 0 saturated carbocycles. The van der Waals surface area contributed by atoms with E-state index in [1.54, 1.807) is 0 Å². The molecule has 0 aliphatic rings. The van der Waals surface area contributed by atoms with Crippen molar-refractivity contribution in [1.82, 2.24) is 0 Å². The molecule has 0 fully saturated rings. The summed E-state index contributed by atoms with van der Waals surface area (Å²) in [6.45, 7) is 8.65. The van der Waals surface area contributed by atoms with Crippen molar-refractivity contribution in [1.29, 1.82) is 5.41 Å². The maximum atomic E-state index is 7.55. The molecule has 0 atom stereocenters. The third-order valence-electron chi connectivity index (χ3n) is 1.31. The van der Waals surface area contributed by atoms with E-state index in [0.29, 0.717) is 11.8 Å². The van der Waals surface area contributed by atoms with Crippen LogP contribution in [-0.2, 0) is 0 Å². The van der Waals surface area contributed by atoms with Gasteiger partial charge in [-0.2, -0.15) is 0 Å². The van der Waals surface area contributed by atoms with Crippen molar-refractivity contribution >= 4 is 5.71 Å². The second-order valence-corrected chi connectivity index (χ2v) is 3.80. The first kappa shape index (κ1) is 9.67. The van der Waals surface area contributed by atoms with Crippen LogP contribution < -0.4 is 0 Å². The van der Waals surface area contributed by atoms with Crippen molar-refractivity contribution in [3.8, 4) is 0 Å². The Kier molecular flexibility index (Phi) is 4.33. The van der Waals surface area contributed by atoms with Crippen molar-refractivity contribution in [3.05, 3.63) is 0 Å². The fourth-order valence-electron chi connectivity index (χ4n) is 1.07. The van der Waals surface area contributed by atoms with Gasteiger partial charge in [0.05, 0.1) is 0 Å². The fourth-order valence-corrected chi connectivity index (χ4v) is 1.07. The lowest BCUT2D eigenvalue weighted by Crippen LogP contribution is -2.04. The number of nitrogens with one attached hydrogen (secondary N) is 1. The van der Waals surface area contributed by atoms with Crippen molar-refractivity contribution in [3.63, 3.8) is 0 Å². The normalized spacial score (nSPS) is 11.0. The summed E-state index contributed by atoms with van der Waals surface area (Å²) in [5.74, 6) is 1.29. The average molecular weight is 141 g/mol. The van der Waals surface area contributed by atoms with Gasteiger partial charge in [0.15, 0.2) is 0 Å². The molecular weight excluding hydrogens is 122 g/mol. The first-order valence-electron chi connectivity index (χ1n) is 4.08. The van der Waals surface area contributed by atoms with Crippen LogP contribution in [0, 0.1) is 17.2 Å². The van der Waals surface area contributed by atoms with E-state index in [2.05, 4.69) is 27.7 Å². The summed E-state index contributed by atoms with van der Waals surface area (Å²) in [6.07, 6.45) is 1.94. The number of rotatable bonds is 4. The zero-order valence-electron chi connectivity index (χ0n) is 7.57. The molecule has 1 heteroatoms. The Morgan fingerprint density at radius 3 is 1.50 bits per heavy atom. The first-order chi connectivity index (χ1) is 4.52. The molecule has 0 aromatic carbocycles. The lowest BCUT2D eigenvalue weighted by Gasteiger charge is -2.08. The highest BCUT2D eigenvalue weighted by Gasteiger charge is 2.02. The smallest absolute Gasteiger partial charge is 0.00942 e. The standard InChI is InChI=1S/C9H19N/c1-7(2)5-9(10)6-8(3)4/h7-8,10H,5-6H2,1-4H3. The summed E-state index contributed by atoms with van der Waals surface area (Å²) in [5, 5.41) is 7.55. The molecule has 0 unspecified atom stereocenters. The van der Waals surface area contributed by atoms with Crippen LogP contribution in [0.4, 0.5) is 0 Å². The van der Waals surface area contributed by atoms with E-state index in [9.17, 15) is 0 Å². The number of hydrogen-bond acceptors (Lipinski definition) is 1. The molecule has 0 aromatic rings. The van der Waals surface area contributed by atoms with Crippen molar-refractivity contribution in [2.24, 2.45) is 11.8 Å². The summed E-state index contributed by atoms with van der Waals surface area (Å²) in [4.78, 5) is 0. The van der Waals surface area contributed by atoms with E-state index < -0.39 is 0 Å². The molecule has 10 heavy (non-hydrogen) atoms. The van der Waals surface area contributed by atoms with Crippen LogP contribution >= 0.6 is 0 Å². The highest BCUT2D eigenvalue weighted by Crippen LogP contribution is 2.07. The Morgan fingerprint density at radius 1 is 1.00 bits per heavy atom. The van der Waals surface area contributed by atoms with Crippen LogP contribution in [-0.4, -0.2) is 5.71 Å². The van der Waals surface area contributed by atoms with Crippen LogP contribution in [0.15, 0.2) is 0 Å². The topological polar surface area (TPSA) is 23.9 Å². The molecule has 0 saturated heterocycles. The van der Waals surface area contributed by atoms with Gasteiger partial charge in [0.2, 0.25) is 0 Å². The Labute approximate surface area is 64.3 Å². The Bertz CT molecular complexity index is 91.3. The zero-order valence-corrected chi connectivity index (χ0v) is 7.57. The van der Waals surface area contributed by atoms with Crippen LogP contribution in [0.5, 0.6) is 0 Å². The van der Waals surface area contributed by atoms with Gasteiger partial charge in [-0.15, -0.1) is 0 Å². The lowest BCUT2D eigenvalue weighted by molar-refractivity contribution is 0.632. The molecule has 1 N–H and O–H groups in total. The average Bonchev–Trinajstić information content (AvgIpc) is 1.58. The molecule has 0 aromatic heterocycles. The summed E-state index contributed by atoms with van der Waals surface area (Å²) in [6, 6.07) is 0. The molecule has 1 nitrogen and oxygen atoms in total.